The number of carbonyl (C=O) groups is 4. The molecule has 2 heterocycles. The number of Topliss-reactive ketones (excluding diaryl/α,β-unsaturated/α-hetero) is 1. The van der Waals surface area contributed by atoms with Crippen LogP contribution in [0.3, 0.4) is 0 Å². The summed E-state index contributed by atoms with van der Waals surface area (Å²) in [5.74, 6) is -1.92. The van der Waals surface area contributed by atoms with Crippen molar-refractivity contribution in [3.8, 4) is 0 Å². The van der Waals surface area contributed by atoms with Crippen LogP contribution >= 0.6 is 0 Å². The second-order valence-electron chi connectivity index (χ2n) is 12.3. The van der Waals surface area contributed by atoms with Crippen molar-refractivity contribution in [3.63, 3.8) is 0 Å². The first kappa shape index (κ1) is 31.4. The molecule has 0 saturated heterocycles. The van der Waals surface area contributed by atoms with E-state index in [1.54, 1.807) is 30.5 Å². The topological polar surface area (TPSA) is 108 Å². The van der Waals surface area contributed by atoms with Gasteiger partial charge in [0.05, 0.1) is 11.2 Å². The highest BCUT2D eigenvalue weighted by Crippen LogP contribution is 2.31. The van der Waals surface area contributed by atoms with E-state index in [0.29, 0.717) is 16.8 Å². The third-order valence-electron chi connectivity index (χ3n) is 7.74. The van der Waals surface area contributed by atoms with Gasteiger partial charge in [-0.1, -0.05) is 92.7 Å². The van der Waals surface area contributed by atoms with Crippen molar-refractivity contribution >= 4 is 35.1 Å². The molecule has 9 nitrogen and oxygen atoms in total. The van der Waals surface area contributed by atoms with Crippen LogP contribution in [0.1, 0.15) is 49.2 Å². The highest BCUT2D eigenvalue weighted by atomic mass is 16.5. The van der Waals surface area contributed by atoms with Gasteiger partial charge in [-0.15, -0.1) is 0 Å². The molecule has 0 aromatic heterocycles. The van der Waals surface area contributed by atoms with Crippen LogP contribution in [0, 0.1) is 5.92 Å². The van der Waals surface area contributed by atoms with Gasteiger partial charge in [-0.3, -0.25) is 24.1 Å². The molecule has 45 heavy (non-hydrogen) atoms. The Bertz CT molecular complexity index is 1620. The van der Waals surface area contributed by atoms with E-state index >= 15 is 0 Å². The Morgan fingerprint density at radius 1 is 0.933 bits per heavy atom. The molecule has 2 aliphatic heterocycles. The molecule has 0 bridgehead atoms. The van der Waals surface area contributed by atoms with Crippen LogP contribution < -0.4 is 5.32 Å². The Balaban J connectivity index is 1.47. The molecule has 5 rings (SSSR count). The standard InChI is InChI=1S/C36H38N4O5/c1-24(2)31-35(44)39(29(26-16-10-6-11-17-26)21-40(31)34(43)27-18-12-7-13-19-27)22-30(41)37-28(20-25-14-8-5-9-15-25)32(42)33-38-36(3,4)23-45-33/h5-19,21,24,28,31H,20,22-23H2,1-4H3,(H,37,41)/t28-,31-/m0/s1. The Morgan fingerprint density at radius 2 is 1.53 bits per heavy atom. The second-order valence-corrected chi connectivity index (χ2v) is 12.3. The summed E-state index contributed by atoms with van der Waals surface area (Å²) in [6.45, 7) is 7.39. The lowest BCUT2D eigenvalue weighted by Crippen LogP contribution is -2.57. The average Bonchev–Trinajstić information content (AvgIpc) is 3.41. The molecular weight excluding hydrogens is 568 g/mol. The van der Waals surface area contributed by atoms with Crippen LogP contribution in [0.2, 0.25) is 0 Å². The monoisotopic (exact) mass is 606 g/mol. The Labute approximate surface area is 263 Å². The summed E-state index contributed by atoms with van der Waals surface area (Å²) in [7, 11) is 0. The maximum Gasteiger partial charge on any atom is 0.258 e. The smallest absolute Gasteiger partial charge is 0.258 e. The molecule has 232 valence electrons. The molecule has 2 aliphatic rings. The quantitative estimate of drug-likeness (QED) is 0.366. The molecule has 0 radical (unpaired) electrons. The molecule has 3 aromatic carbocycles. The summed E-state index contributed by atoms with van der Waals surface area (Å²) in [6, 6.07) is 25.5. The largest absolute Gasteiger partial charge is 0.473 e. The number of ether oxygens (including phenoxy) is 1. The first-order valence-electron chi connectivity index (χ1n) is 15.1. The molecule has 1 N–H and O–H groups in total. The summed E-state index contributed by atoms with van der Waals surface area (Å²) in [5.41, 5.74) is 1.83. The van der Waals surface area contributed by atoms with Crippen molar-refractivity contribution in [1.29, 1.82) is 0 Å². The van der Waals surface area contributed by atoms with Gasteiger partial charge in [0.1, 0.15) is 25.2 Å². The van der Waals surface area contributed by atoms with Crippen molar-refractivity contribution < 1.29 is 23.9 Å². The van der Waals surface area contributed by atoms with Gasteiger partial charge < -0.3 is 15.0 Å². The van der Waals surface area contributed by atoms with E-state index in [-0.39, 0.29) is 43.2 Å². The first-order chi connectivity index (χ1) is 21.5. The summed E-state index contributed by atoms with van der Waals surface area (Å²) >= 11 is 0. The van der Waals surface area contributed by atoms with E-state index in [4.69, 9.17) is 4.74 Å². The van der Waals surface area contributed by atoms with Gasteiger partial charge in [-0.2, -0.15) is 0 Å². The highest BCUT2D eigenvalue weighted by molar-refractivity contribution is 6.39. The number of nitrogens with one attached hydrogen (secondary N) is 1. The van der Waals surface area contributed by atoms with Crippen LogP contribution in [0.15, 0.2) is 102 Å². The number of ketones is 1. The zero-order chi connectivity index (χ0) is 32.1. The molecule has 0 saturated carbocycles. The summed E-state index contributed by atoms with van der Waals surface area (Å²) in [4.78, 5) is 62.6. The second kappa shape index (κ2) is 13.3. The van der Waals surface area contributed by atoms with Gasteiger partial charge in [0.2, 0.25) is 11.7 Å². The average molecular weight is 607 g/mol. The van der Waals surface area contributed by atoms with Crippen molar-refractivity contribution in [1.82, 2.24) is 15.1 Å². The summed E-state index contributed by atoms with van der Waals surface area (Å²) in [5, 5.41) is 2.86. The molecule has 0 aliphatic carbocycles. The van der Waals surface area contributed by atoms with Gasteiger partial charge in [0.25, 0.3) is 17.7 Å². The minimum absolute atomic E-state index is 0.0184. The van der Waals surface area contributed by atoms with Crippen LogP contribution in [0.5, 0.6) is 0 Å². The van der Waals surface area contributed by atoms with E-state index in [1.165, 1.54) is 9.80 Å². The van der Waals surface area contributed by atoms with Gasteiger partial charge in [0.15, 0.2) is 0 Å². The third kappa shape index (κ3) is 7.20. The fourth-order valence-corrected chi connectivity index (χ4v) is 5.50. The molecule has 0 fully saturated rings. The fourth-order valence-electron chi connectivity index (χ4n) is 5.50. The van der Waals surface area contributed by atoms with Gasteiger partial charge >= 0.3 is 0 Å². The number of hydrogen-bond acceptors (Lipinski definition) is 6. The predicted octanol–water partition coefficient (Wildman–Crippen LogP) is 4.50. The normalized spacial score (nSPS) is 18.2. The number of amides is 3. The minimum atomic E-state index is -0.964. The molecule has 9 heteroatoms. The SMILES string of the molecule is CC(C)[C@H]1C(=O)N(CC(=O)N[C@@H](Cc2ccccc2)C(=O)C2=NC(C)(C)CO2)C(c2ccccc2)=CN1C(=O)c1ccccc1. The number of benzene rings is 3. The lowest BCUT2D eigenvalue weighted by Gasteiger charge is -2.41. The molecular formula is C36H38N4O5. The van der Waals surface area contributed by atoms with Crippen LogP contribution in [0.4, 0.5) is 0 Å². The number of rotatable bonds is 10. The maximum absolute atomic E-state index is 14.2. The van der Waals surface area contributed by atoms with Crippen molar-refractivity contribution in [2.45, 2.75) is 51.7 Å². The lowest BCUT2D eigenvalue weighted by atomic mass is 9.96. The molecule has 0 spiro atoms. The Kier molecular flexibility index (Phi) is 9.27. The molecule has 3 aromatic rings. The summed E-state index contributed by atoms with van der Waals surface area (Å²) < 4.78 is 5.62. The number of carbonyl (C=O) groups excluding carboxylic acids is 4. The van der Waals surface area contributed by atoms with Crippen LogP contribution in [-0.4, -0.2) is 70.0 Å². The highest BCUT2D eigenvalue weighted by Gasteiger charge is 2.42. The van der Waals surface area contributed by atoms with E-state index in [0.717, 1.165) is 5.56 Å². The number of aliphatic imine (C=N–C) groups is 1. The van der Waals surface area contributed by atoms with Gasteiger partial charge in [-0.25, -0.2) is 4.99 Å². The molecule has 2 atom stereocenters. The van der Waals surface area contributed by atoms with Crippen molar-refractivity contribution in [3.05, 3.63) is 114 Å². The van der Waals surface area contributed by atoms with E-state index in [9.17, 15) is 19.2 Å². The fraction of sp³-hybridized carbons (Fsp3) is 0.306. The zero-order valence-corrected chi connectivity index (χ0v) is 26.0. The lowest BCUT2D eigenvalue weighted by molar-refractivity contribution is -0.138. The number of nitrogens with zero attached hydrogens (tertiary/aromatic N) is 3. The maximum atomic E-state index is 14.2. The predicted molar refractivity (Wildman–Crippen MR) is 172 cm³/mol. The molecule has 0 unspecified atom stereocenters. The van der Waals surface area contributed by atoms with E-state index in [2.05, 4.69) is 10.3 Å². The van der Waals surface area contributed by atoms with E-state index < -0.39 is 29.3 Å². The van der Waals surface area contributed by atoms with E-state index in [1.807, 2.05) is 94.4 Å². The van der Waals surface area contributed by atoms with Crippen molar-refractivity contribution in [2.24, 2.45) is 10.9 Å². The first-order valence-corrected chi connectivity index (χ1v) is 15.1. The Hall–Kier alpha value is -5.05. The zero-order valence-electron chi connectivity index (χ0n) is 26.0. The third-order valence-corrected chi connectivity index (χ3v) is 7.74. The van der Waals surface area contributed by atoms with Gasteiger partial charge in [0, 0.05) is 18.2 Å². The summed E-state index contributed by atoms with van der Waals surface area (Å²) in [6.07, 6.45) is 1.87. The van der Waals surface area contributed by atoms with Gasteiger partial charge in [-0.05, 0) is 43.0 Å². The van der Waals surface area contributed by atoms with Crippen LogP contribution in [0.25, 0.3) is 5.70 Å². The Morgan fingerprint density at radius 3 is 2.11 bits per heavy atom. The van der Waals surface area contributed by atoms with Crippen LogP contribution in [-0.2, 0) is 25.5 Å². The van der Waals surface area contributed by atoms with Crippen molar-refractivity contribution in [2.75, 3.05) is 13.2 Å². The molecule has 3 amide bonds. The number of hydrogen-bond donors (Lipinski definition) is 1. The minimum Gasteiger partial charge on any atom is -0.473 e.